The maximum Gasteiger partial charge on any atom is 0.293 e. The van der Waals surface area contributed by atoms with Crippen LogP contribution in [0, 0.1) is 13.8 Å². The Morgan fingerprint density at radius 1 is 1.33 bits per heavy atom. The van der Waals surface area contributed by atoms with E-state index in [0.29, 0.717) is 5.76 Å². The van der Waals surface area contributed by atoms with E-state index in [1.807, 2.05) is 23.6 Å². The van der Waals surface area contributed by atoms with Crippen molar-refractivity contribution < 1.29 is 9.32 Å². The number of hydrogen-bond acceptors (Lipinski definition) is 4. The molecule has 0 radical (unpaired) electrons. The maximum absolute atomic E-state index is 12.6. The highest BCUT2D eigenvalue weighted by atomic mass is 32.2. The Morgan fingerprint density at radius 3 is 2.76 bits per heavy atom. The molecule has 1 fully saturated rings. The maximum atomic E-state index is 12.6. The van der Waals surface area contributed by atoms with Gasteiger partial charge in [0.05, 0.1) is 11.7 Å². The largest absolute Gasteiger partial charge is 0.351 e. The fourth-order valence-corrected chi connectivity index (χ4v) is 3.61. The summed E-state index contributed by atoms with van der Waals surface area (Å²) in [6, 6.07) is 10.2. The van der Waals surface area contributed by atoms with Crippen molar-refractivity contribution in [1.82, 2.24) is 10.1 Å². The smallest absolute Gasteiger partial charge is 0.293 e. The number of rotatable bonds is 2. The van der Waals surface area contributed by atoms with E-state index in [0.717, 1.165) is 23.7 Å². The predicted octanol–water partition coefficient (Wildman–Crippen LogP) is 3.22. The summed E-state index contributed by atoms with van der Waals surface area (Å²) in [5.41, 5.74) is 3.14. The average molecular weight is 302 g/mol. The minimum Gasteiger partial charge on any atom is -0.351 e. The summed E-state index contributed by atoms with van der Waals surface area (Å²) < 4.78 is 5.13. The molecule has 0 unspecified atom stereocenters. The van der Waals surface area contributed by atoms with Crippen LogP contribution in [0.2, 0.25) is 0 Å². The van der Waals surface area contributed by atoms with Crippen molar-refractivity contribution in [3.05, 3.63) is 52.9 Å². The molecule has 2 heterocycles. The number of aromatic nitrogens is 1. The molecule has 1 aliphatic heterocycles. The first-order valence-corrected chi connectivity index (χ1v) is 8.19. The molecule has 21 heavy (non-hydrogen) atoms. The second-order valence-corrected chi connectivity index (χ2v) is 6.48. The van der Waals surface area contributed by atoms with E-state index < -0.39 is 0 Å². The van der Waals surface area contributed by atoms with E-state index in [1.165, 1.54) is 11.1 Å². The molecule has 1 aromatic carbocycles. The molecule has 110 valence electrons. The topological polar surface area (TPSA) is 46.3 Å². The van der Waals surface area contributed by atoms with Gasteiger partial charge in [0.25, 0.3) is 5.91 Å². The van der Waals surface area contributed by atoms with Crippen LogP contribution in [0.15, 0.2) is 34.9 Å². The van der Waals surface area contributed by atoms with Crippen molar-refractivity contribution in [1.29, 1.82) is 0 Å². The number of carbonyl (C=O) groups excluding carboxylic acids is 1. The molecule has 0 bridgehead atoms. The summed E-state index contributed by atoms with van der Waals surface area (Å²) in [5.74, 6) is 2.14. The summed E-state index contributed by atoms with van der Waals surface area (Å²) >= 11 is 1.88. The molecular weight excluding hydrogens is 284 g/mol. The van der Waals surface area contributed by atoms with E-state index in [-0.39, 0.29) is 11.9 Å². The van der Waals surface area contributed by atoms with Crippen LogP contribution in [0.4, 0.5) is 0 Å². The number of nitrogens with zero attached hydrogens (tertiary/aromatic N) is 2. The zero-order valence-corrected chi connectivity index (χ0v) is 13.0. The minimum absolute atomic E-state index is 0.0681. The van der Waals surface area contributed by atoms with Crippen molar-refractivity contribution in [2.45, 2.75) is 19.9 Å². The Bertz CT molecular complexity index is 636. The summed E-state index contributed by atoms with van der Waals surface area (Å²) in [5, 5.41) is 3.81. The Kier molecular flexibility index (Phi) is 4.01. The van der Waals surface area contributed by atoms with Gasteiger partial charge in [0, 0.05) is 24.1 Å². The summed E-state index contributed by atoms with van der Waals surface area (Å²) in [6.07, 6.45) is 0. The third-order valence-corrected chi connectivity index (χ3v) is 4.71. The summed E-state index contributed by atoms with van der Waals surface area (Å²) in [4.78, 5) is 14.6. The standard InChI is InChI=1S/C16H18N2O2S/c1-11-3-5-13(6-4-11)14-10-21-8-7-18(14)16(19)15-9-12(2)17-20-15/h3-6,9,14H,7-8,10H2,1-2H3/t14-/m1/s1. The fraction of sp³-hybridized carbons (Fsp3) is 0.375. The quantitative estimate of drug-likeness (QED) is 0.854. The molecule has 1 amide bonds. The van der Waals surface area contributed by atoms with Gasteiger partial charge in [-0.15, -0.1) is 0 Å². The van der Waals surface area contributed by atoms with Crippen molar-refractivity contribution in [2.75, 3.05) is 18.1 Å². The molecule has 1 atom stereocenters. The van der Waals surface area contributed by atoms with E-state index >= 15 is 0 Å². The van der Waals surface area contributed by atoms with Gasteiger partial charge in [-0.05, 0) is 19.4 Å². The molecule has 1 aromatic heterocycles. The molecule has 5 heteroatoms. The van der Waals surface area contributed by atoms with Gasteiger partial charge in [-0.3, -0.25) is 4.79 Å². The van der Waals surface area contributed by atoms with Gasteiger partial charge < -0.3 is 9.42 Å². The van der Waals surface area contributed by atoms with Gasteiger partial charge in [0.2, 0.25) is 5.76 Å². The van der Waals surface area contributed by atoms with Crippen LogP contribution in [-0.2, 0) is 0 Å². The van der Waals surface area contributed by atoms with Gasteiger partial charge in [0.15, 0.2) is 0 Å². The number of hydrogen-bond donors (Lipinski definition) is 0. The highest BCUT2D eigenvalue weighted by molar-refractivity contribution is 7.99. The zero-order valence-electron chi connectivity index (χ0n) is 12.2. The number of amides is 1. The van der Waals surface area contributed by atoms with E-state index in [2.05, 4.69) is 36.3 Å². The van der Waals surface area contributed by atoms with E-state index in [4.69, 9.17) is 4.52 Å². The Balaban J connectivity index is 1.87. The van der Waals surface area contributed by atoms with Crippen LogP contribution in [-0.4, -0.2) is 34.0 Å². The second-order valence-electron chi connectivity index (χ2n) is 5.33. The number of aryl methyl sites for hydroxylation is 2. The third kappa shape index (κ3) is 2.97. The normalized spacial score (nSPS) is 18.8. The number of thioether (sulfide) groups is 1. The van der Waals surface area contributed by atoms with Gasteiger partial charge >= 0.3 is 0 Å². The van der Waals surface area contributed by atoms with E-state index in [1.54, 1.807) is 6.07 Å². The Morgan fingerprint density at radius 2 is 2.10 bits per heavy atom. The van der Waals surface area contributed by atoms with Crippen molar-refractivity contribution in [2.24, 2.45) is 0 Å². The first-order chi connectivity index (χ1) is 10.1. The molecule has 2 aromatic rings. The zero-order chi connectivity index (χ0) is 14.8. The molecule has 3 rings (SSSR count). The first kappa shape index (κ1) is 14.2. The van der Waals surface area contributed by atoms with Crippen LogP contribution in [0.3, 0.4) is 0 Å². The summed E-state index contributed by atoms with van der Waals surface area (Å²) in [7, 11) is 0. The predicted molar refractivity (Wildman–Crippen MR) is 83.5 cm³/mol. The Hall–Kier alpha value is -1.75. The van der Waals surface area contributed by atoms with Crippen LogP contribution in [0.25, 0.3) is 0 Å². The monoisotopic (exact) mass is 302 g/mol. The van der Waals surface area contributed by atoms with Gasteiger partial charge in [-0.25, -0.2) is 0 Å². The number of carbonyl (C=O) groups is 1. The van der Waals surface area contributed by atoms with Gasteiger partial charge in [-0.1, -0.05) is 35.0 Å². The SMILES string of the molecule is Cc1ccc([C@H]2CSCCN2C(=O)c2cc(C)no2)cc1. The summed E-state index contributed by atoms with van der Waals surface area (Å²) in [6.45, 7) is 4.63. The minimum atomic E-state index is -0.0681. The molecular formula is C16H18N2O2S. The van der Waals surface area contributed by atoms with Gasteiger partial charge in [-0.2, -0.15) is 11.8 Å². The molecule has 0 aliphatic carbocycles. The number of benzene rings is 1. The lowest BCUT2D eigenvalue weighted by Crippen LogP contribution is -2.40. The van der Waals surface area contributed by atoms with Crippen LogP contribution in [0.5, 0.6) is 0 Å². The highest BCUT2D eigenvalue weighted by Crippen LogP contribution is 2.31. The van der Waals surface area contributed by atoms with Crippen molar-refractivity contribution in [3.8, 4) is 0 Å². The lowest BCUT2D eigenvalue weighted by atomic mass is 10.0. The van der Waals surface area contributed by atoms with Crippen molar-refractivity contribution in [3.63, 3.8) is 0 Å². The highest BCUT2D eigenvalue weighted by Gasteiger charge is 2.30. The van der Waals surface area contributed by atoms with Crippen LogP contribution < -0.4 is 0 Å². The second kappa shape index (κ2) is 5.93. The Labute approximate surface area is 128 Å². The molecule has 4 nitrogen and oxygen atoms in total. The van der Waals surface area contributed by atoms with Crippen molar-refractivity contribution >= 4 is 17.7 Å². The van der Waals surface area contributed by atoms with Crippen LogP contribution in [0.1, 0.15) is 33.4 Å². The third-order valence-electron chi connectivity index (χ3n) is 3.69. The van der Waals surface area contributed by atoms with E-state index in [9.17, 15) is 4.79 Å². The fourth-order valence-electron chi connectivity index (χ4n) is 2.52. The van der Waals surface area contributed by atoms with Gasteiger partial charge in [0.1, 0.15) is 0 Å². The average Bonchev–Trinajstić information content (AvgIpc) is 2.94. The molecule has 0 saturated carbocycles. The van der Waals surface area contributed by atoms with Crippen LogP contribution >= 0.6 is 11.8 Å². The molecule has 1 saturated heterocycles. The first-order valence-electron chi connectivity index (χ1n) is 7.04. The molecule has 0 spiro atoms. The molecule has 0 N–H and O–H groups in total. The lowest BCUT2D eigenvalue weighted by Gasteiger charge is -2.35. The lowest BCUT2D eigenvalue weighted by molar-refractivity contribution is 0.0658. The molecule has 1 aliphatic rings.